The molecular weight excluding hydrogens is 226 g/mol. The Labute approximate surface area is 109 Å². The molecule has 2 unspecified atom stereocenters. The Morgan fingerprint density at radius 1 is 1.39 bits per heavy atom. The SMILES string of the molecule is CCN(Cc1cc(C)on1)C1CC2CCC(C1)N2. The molecule has 2 atom stereocenters. The third-order valence-corrected chi connectivity index (χ3v) is 4.41. The maximum atomic E-state index is 5.16. The normalized spacial score (nSPS) is 31.2. The highest BCUT2D eigenvalue weighted by atomic mass is 16.5. The lowest BCUT2D eigenvalue weighted by Gasteiger charge is -2.36. The molecule has 1 N–H and O–H groups in total. The molecule has 0 aromatic carbocycles. The lowest BCUT2D eigenvalue weighted by Crippen LogP contribution is -2.47. The molecule has 3 rings (SSSR count). The first-order valence-electron chi connectivity index (χ1n) is 7.17. The second-order valence-corrected chi connectivity index (χ2v) is 5.76. The van der Waals surface area contributed by atoms with Gasteiger partial charge in [-0.2, -0.15) is 0 Å². The molecule has 1 aromatic heterocycles. The predicted molar refractivity (Wildman–Crippen MR) is 70.3 cm³/mol. The lowest BCUT2D eigenvalue weighted by atomic mass is 9.98. The van der Waals surface area contributed by atoms with Gasteiger partial charge in [-0.1, -0.05) is 12.1 Å². The summed E-state index contributed by atoms with van der Waals surface area (Å²) in [5.74, 6) is 0.909. The van der Waals surface area contributed by atoms with Crippen LogP contribution < -0.4 is 5.32 Å². The Bertz CT molecular complexity index is 391. The fourth-order valence-electron chi connectivity index (χ4n) is 3.53. The molecule has 3 heterocycles. The van der Waals surface area contributed by atoms with E-state index in [2.05, 4.69) is 28.4 Å². The highest BCUT2D eigenvalue weighted by Gasteiger charge is 2.35. The molecular formula is C14H23N3O. The topological polar surface area (TPSA) is 41.3 Å². The van der Waals surface area contributed by atoms with Gasteiger partial charge >= 0.3 is 0 Å². The zero-order valence-corrected chi connectivity index (χ0v) is 11.4. The number of aromatic nitrogens is 1. The quantitative estimate of drug-likeness (QED) is 0.887. The van der Waals surface area contributed by atoms with E-state index < -0.39 is 0 Å². The molecule has 2 aliphatic rings. The summed E-state index contributed by atoms with van der Waals surface area (Å²) in [5, 5.41) is 7.83. The molecule has 0 radical (unpaired) electrons. The third-order valence-electron chi connectivity index (χ3n) is 4.41. The minimum Gasteiger partial charge on any atom is -0.361 e. The Kier molecular flexibility index (Phi) is 3.39. The number of hydrogen-bond acceptors (Lipinski definition) is 4. The van der Waals surface area contributed by atoms with Crippen LogP contribution in [0.25, 0.3) is 0 Å². The van der Waals surface area contributed by atoms with Crippen LogP contribution in [0.1, 0.15) is 44.1 Å². The molecule has 0 saturated carbocycles. The van der Waals surface area contributed by atoms with Crippen molar-refractivity contribution in [1.29, 1.82) is 0 Å². The van der Waals surface area contributed by atoms with Gasteiger partial charge in [0.25, 0.3) is 0 Å². The maximum absolute atomic E-state index is 5.16. The summed E-state index contributed by atoms with van der Waals surface area (Å²) < 4.78 is 5.16. The minimum absolute atomic E-state index is 0.714. The summed E-state index contributed by atoms with van der Waals surface area (Å²) in [4.78, 5) is 2.56. The van der Waals surface area contributed by atoms with Gasteiger partial charge in [0.1, 0.15) is 5.76 Å². The van der Waals surface area contributed by atoms with Crippen LogP contribution in [0, 0.1) is 6.92 Å². The van der Waals surface area contributed by atoms with Gasteiger partial charge in [-0.3, -0.25) is 4.90 Å². The molecule has 100 valence electrons. The molecule has 2 aliphatic heterocycles. The summed E-state index contributed by atoms with van der Waals surface area (Å²) in [6.45, 7) is 6.22. The van der Waals surface area contributed by atoms with E-state index in [0.29, 0.717) is 6.04 Å². The summed E-state index contributed by atoms with van der Waals surface area (Å²) in [5.41, 5.74) is 1.07. The van der Waals surface area contributed by atoms with E-state index in [-0.39, 0.29) is 0 Å². The molecule has 2 bridgehead atoms. The first kappa shape index (κ1) is 12.2. The van der Waals surface area contributed by atoms with E-state index >= 15 is 0 Å². The first-order valence-corrected chi connectivity index (χ1v) is 7.17. The van der Waals surface area contributed by atoms with E-state index in [4.69, 9.17) is 4.52 Å². The number of nitrogens with zero attached hydrogens (tertiary/aromatic N) is 2. The van der Waals surface area contributed by atoms with E-state index in [1.807, 2.05) is 6.92 Å². The molecule has 18 heavy (non-hydrogen) atoms. The predicted octanol–water partition coefficient (Wildman–Crippen LogP) is 2.09. The Hall–Kier alpha value is -0.870. The monoisotopic (exact) mass is 249 g/mol. The van der Waals surface area contributed by atoms with E-state index in [9.17, 15) is 0 Å². The molecule has 4 nitrogen and oxygen atoms in total. The summed E-state index contributed by atoms with van der Waals surface area (Å²) in [6, 6.07) is 4.27. The Morgan fingerprint density at radius 3 is 2.67 bits per heavy atom. The van der Waals surface area contributed by atoms with E-state index in [1.165, 1.54) is 25.7 Å². The van der Waals surface area contributed by atoms with Crippen LogP contribution in [0.15, 0.2) is 10.6 Å². The van der Waals surface area contributed by atoms with Crippen LogP contribution in [0.5, 0.6) is 0 Å². The van der Waals surface area contributed by atoms with Crippen molar-refractivity contribution < 1.29 is 4.52 Å². The van der Waals surface area contributed by atoms with Crippen LogP contribution in [0.4, 0.5) is 0 Å². The zero-order chi connectivity index (χ0) is 12.5. The van der Waals surface area contributed by atoms with Crippen molar-refractivity contribution in [3.05, 3.63) is 17.5 Å². The molecule has 1 aromatic rings. The number of aryl methyl sites for hydroxylation is 1. The van der Waals surface area contributed by atoms with Crippen molar-refractivity contribution in [2.45, 2.75) is 64.2 Å². The summed E-state index contributed by atoms with van der Waals surface area (Å²) in [6.07, 6.45) is 5.31. The molecule has 2 saturated heterocycles. The zero-order valence-electron chi connectivity index (χ0n) is 11.4. The fourth-order valence-corrected chi connectivity index (χ4v) is 3.53. The second kappa shape index (κ2) is 5.02. The van der Waals surface area contributed by atoms with Gasteiger partial charge in [-0.05, 0) is 39.2 Å². The smallest absolute Gasteiger partial charge is 0.133 e. The average molecular weight is 249 g/mol. The van der Waals surface area contributed by atoms with Crippen molar-refractivity contribution in [3.63, 3.8) is 0 Å². The van der Waals surface area contributed by atoms with Gasteiger partial charge in [-0.25, -0.2) is 0 Å². The maximum Gasteiger partial charge on any atom is 0.133 e. The fraction of sp³-hybridized carbons (Fsp3) is 0.786. The van der Waals surface area contributed by atoms with Crippen molar-refractivity contribution in [2.75, 3.05) is 6.54 Å². The molecule has 0 aliphatic carbocycles. The number of hydrogen-bond donors (Lipinski definition) is 1. The minimum atomic E-state index is 0.714. The van der Waals surface area contributed by atoms with Crippen LogP contribution in [0.2, 0.25) is 0 Å². The standard InChI is InChI=1S/C14H23N3O/c1-3-17(9-13-6-10(2)18-16-13)14-7-11-4-5-12(8-14)15-11/h6,11-12,14-15H,3-5,7-9H2,1-2H3. The first-order chi connectivity index (χ1) is 8.74. The Morgan fingerprint density at radius 2 is 2.11 bits per heavy atom. The summed E-state index contributed by atoms with van der Waals surface area (Å²) in [7, 11) is 0. The Balaban J connectivity index is 1.65. The summed E-state index contributed by atoms with van der Waals surface area (Å²) >= 11 is 0. The average Bonchev–Trinajstić information content (AvgIpc) is 2.92. The van der Waals surface area contributed by atoms with Crippen molar-refractivity contribution in [3.8, 4) is 0 Å². The van der Waals surface area contributed by atoms with Crippen LogP contribution in [0.3, 0.4) is 0 Å². The third kappa shape index (κ3) is 2.45. The van der Waals surface area contributed by atoms with Gasteiger partial charge in [-0.15, -0.1) is 0 Å². The van der Waals surface area contributed by atoms with Gasteiger partial charge in [0.15, 0.2) is 0 Å². The van der Waals surface area contributed by atoms with Crippen LogP contribution >= 0.6 is 0 Å². The number of fused-ring (bicyclic) bond motifs is 2. The molecule has 0 amide bonds. The number of rotatable bonds is 4. The van der Waals surface area contributed by atoms with E-state index in [0.717, 1.165) is 36.6 Å². The molecule has 2 fully saturated rings. The highest BCUT2D eigenvalue weighted by Crippen LogP contribution is 2.30. The van der Waals surface area contributed by atoms with Crippen molar-refractivity contribution in [1.82, 2.24) is 15.4 Å². The lowest BCUT2D eigenvalue weighted by molar-refractivity contribution is 0.137. The second-order valence-electron chi connectivity index (χ2n) is 5.76. The van der Waals surface area contributed by atoms with Crippen LogP contribution in [-0.4, -0.2) is 34.7 Å². The highest BCUT2D eigenvalue weighted by molar-refractivity contribution is 5.04. The largest absolute Gasteiger partial charge is 0.361 e. The molecule has 0 spiro atoms. The molecule has 4 heteroatoms. The van der Waals surface area contributed by atoms with Crippen molar-refractivity contribution >= 4 is 0 Å². The van der Waals surface area contributed by atoms with Gasteiger partial charge in [0.05, 0.1) is 5.69 Å². The van der Waals surface area contributed by atoms with Gasteiger partial charge in [0.2, 0.25) is 0 Å². The van der Waals surface area contributed by atoms with Gasteiger partial charge < -0.3 is 9.84 Å². The number of piperidine rings is 1. The van der Waals surface area contributed by atoms with Crippen LogP contribution in [-0.2, 0) is 6.54 Å². The van der Waals surface area contributed by atoms with E-state index in [1.54, 1.807) is 0 Å². The number of nitrogens with one attached hydrogen (secondary N) is 1. The van der Waals surface area contributed by atoms with Gasteiger partial charge in [0, 0.05) is 30.7 Å². The van der Waals surface area contributed by atoms with Crippen molar-refractivity contribution in [2.24, 2.45) is 0 Å².